The van der Waals surface area contributed by atoms with E-state index in [1.165, 1.54) is 0 Å². The molecule has 1 aromatic carbocycles. The summed E-state index contributed by atoms with van der Waals surface area (Å²) in [5, 5.41) is 2.97. The fourth-order valence-electron chi connectivity index (χ4n) is 3.66. The number of nitrogens with one attached hydrogen (secondary N) is 1. The fourth-order valence-corrected chi connectivity index (χ4v) is 3.66. The maximum absolute atomic E-state index is 12.5. The van der Waals surface area contributed by atoms with Crippen LogP contribution >= 0.6 is 0 Å². The normalized spacial score (nSPS) is 28.0. The third-order valence-corrected chi connectivity index (χ3v) is 5.09. The number of hydrogen-bond acceptors (Lipinski definition) is 3. The molecule has 2 amide bonds. The van der Waals surface area contributed by atoms with Gasteiger partial charge in [-0.15, -0.1) is 0 Å². The van der Waals surface area contributed by atoms with E-state index in [9.17, 15) is 9.59 Å². The molecule has 1 aliphatic heterocycles. The zero-order valence-electron chi connectivity index (χ0n) is 13.7. The first-order valence-electron chi connectivity index (χ1n) is 8.47. The van der Waals surface area contributed by atoms with E-state index in [1.807, 2.05) is 31.2 Å². The molecule has 2 atom stereocenters. The van der Waals surface area contributed by atoms with E-state index in [0.29, 0.717) is 6.42 Å². The number of benzene rings is 1. The lowest BCUT2D eigenvalue weighted by Gasteiger charge is -2.37. The van der Waals surface area contributed by atoms with Crippen LogP contribution in [0.1, 0.15) is 45.4 Å². The first kappa shape index (κ1) is 16.0. The van der Waals surface area contributed by atoms with E-state index in [0.717, 1.165) is 50.0 Å². The van der Waals surface area contributed by atoms with E-state index >= 15 is 0 Å². The maximum Gasteiger partial charge on any atom is 0.229 e. The molecule has 0 spiro atoms. The molecule has 1 saturated carbocycles. The number of amides is 2. The molecule has 23 heavy (non-hydrogen) atoms. The van der Waals surface area contributed by atoms with E-state index < -0.39 is 5.54 Å². The number of nitrogens with two attached hydrogens (primary N) is 1. The molecule has 5 nitrogen and oxygen atoms in total. The zero-order valence-corrected chi connectivity index (χ0v) is 13.7. The second-order valence-corrected chi connectivity index (χ2v) is 6.99. The van der Waals surface area contributed by atoms with Crippen molar-refractivity contribution in [1.82, 2.24) is 0 Å². The van der Waals surface area contributed by atoms with Crippen molar-refractivity contribution in [2.24, 2.45) is 11.7 Å². The van der Waals surface area contributed by atoms with Gasteiger partial charge in [0.05, 0.1) is 5.92 Å². The summed E-state index contributed by atoms with van der Waals surface area (Å²) in [4.78, 5) is 26.1. The van der Waals surface area contributed by atoms with Gasteiger partial charge in [-0.05, 0) is 50.5 Å². The lowest BCUT2D eigenvalue weighted by molar-refractivity contribution is -0.122. The highest BCUT2D eigenvalue weighted by Gasteiger charge is 2.37. The molecule has 124 valence electrons. The van der Waals surface area contributed by atoms with Crippen LogP contribution in [-0.4, -0.2) is 23.9 Å². The largest absolute Gasteiger partial charge is 0.326 e. The quantitative estimate of drug-likeness (QED) is 0.900. The third kappa shape index (κ3) is 3.39. The Balaban J connectivity index is 1.66. The molecule has 2 unspecified atom stereocenters. The maximum atomic E-state index is 12.5. The van der Waals surface area contributed by atoms with Gasteiger partial charge in [-0.2, -0.15) is 0 Å². The van der Waals surface area contributed by atoms with Crippen LogP contribution in [0.2, 0.25) is 0 Å². The number of rotatable bonds is 3. The van der Waals surface area contributed by atoms with Gasteiger partial charge in [-0.1, -0.05) is 12.8 Å². The Morgan fingerprint density at radius 2 is 2.00 bits per heavy atom. The molecule has 0 radical (unpaired) electrons. The molecule has 1 aliphatic carbocycles. The smallest absolute Gasteiger partial charge is 0.229 e. The molecule has 0 aromatic heterocycles. The van der Waals surface area contributed by atoms with Gasteiger partial charge >= 0.3 is 0 Å². The average Bonchev–Trinajstić information content (AvgIpc) is 2.93. The van der Waals surface area contributed by atoms with Crippen LogP contribution in [0.3, 0.4) is 0 Å². The summed E-state index contributed by atoms with van der Waals surface area (Å²) in [6.45, 7) is 2.75. The Hall–Kier alpha value is -1.88. The molecule has 2 fully saturated rings. The lowest BCUT2D eigenvalue weighted by atomic mass is 9.74. The van der Waals surface area contributed by atoms with E-state index in [2.05, 4.69) is 5.32 Å². The number of carbonyl (C=O) groups is 2. The molecule has 3 rings (SSSR count). The Bertz CT molecular complexity index is 595. The van der Waals surface area contributed by atoms with Crippen molar-refractivity contribution in [1.29, 1.82) is 0 Å². The molecule has 1 saturated heterocycles. The first-order valence-corrected chi connectivity index (χ1v) is 8.47. The highest BCUT2D eigenvalue weighted by Crippen LogP contribution is 2.32. The van der Waals surface area contributed by atoms with Crippen molar-refractivity contribution >= 4 is 23.2 Å². The van der Waals surface area contributed by atoms with E-state index in [-0.39, 0.29) is 17.7 Å². The Morgan fingerprint density at radius 3 is 2.61 bits per heavy atom. The van der Waals surface area contributed by atoms with Crippen molar-refractivity contribution in [3.8, 4) is 0 Å². The molecule has 2 aliphatic rings. The van der Waals surface area contributed by atoms with Gasteiger partial charge in [0.2, 0.25) is 11.8 Å². The second-order valence-electron chi connectivity index (χ2n) is 6.99. The predicted octanol–water partition coefficient (Wildman–Crippen LogP) is 2.66. The molecule has 1 aromatic rings. The summed E-state index contributed by atoms with van der Waals surface area (Å²) in [6, 6.07) is 7.49. The van der Waals surface area contributed by atoms with Gasteiger partial charge < -0.3 is 16.0 Å². The van der Waals surface area contributed by atoms with Gasteiger partial charge in [0.1, 0.15) is 0 Å². The van der Waals surface area contributed by atoms with Gasteiger partial charge in [-0.3, -0.25) is 9.59 Å². The summed E-state index contributed by atoms with van der Waals surface area (Å²) in [6.07, 6.45) is 5.42. The highest BCUT2D eigenvalue weighted by molar-refractivity contribution is 5.96. The first-order chi connectivity index (χ1) is 11.0. The number of hydrogen-bond donors (Lipinski definition) is 2. The SMILES string of the molecule is CC1(N)CCCCC1C(=O)Nc1ccc(N2CCCC2=O)cc1. The van der Waals surface area contributed by atoms with Gasteiger partial charge in [0.25, 0.3) is 0 Å². The van der Waals surface area contributed by atoms with Gasteiger partial charge in [0.15, 0.2) is 0 Å². The average molecular weight is 315 g/mol. The van der Waals surface area contributed by atoms with Crippen molar-refractivity contribution in [3.05, 3.63) is 24.3 Å². The Labute approximate surface area is 137 Å². The van der Waals surface area contributed by atoms with Crippen molar-refractivity contribution < 1.29 is 9.59 Å². The standard InChI is InChI=1S/C18H25N3O2/c1-18(19)11-3-2-5-15(18)17(23)20-13-7-9-14(10-8-13)21-12-4-6-16(21)22/h7-10,15H,2-6,11-12,19H2,1H3,(H,20,23). The van der Waals surface area contributed by atoms with E-state index in [1.54, 1.807) is 4.90 Å². The zero-order chi connectivity index (χ0) is 16.4. The summed E-state index contributed by atoms with van der Waals surface area (Å²) < 4.78 is 0. The lowest BCUT2D eigenvalue weighted by Crippen LogP contribution is -2.51. The predicted molar refractivity (Wildman–Crippen MR) is 91.2 cm³/mol. The molecule has 5 heteroatoms. The van der Waals surface area contributed by atoms with Crippen LogP contribution in [0.25, 0.3) is 0 Å². The minimum absolute atomic E-state index is 0.000279. The summed E-state index contributed by atoms with van der Waals surface area (Å²) in [5.74, 6) is 0.0266. The molecule has 0 bridgehead atoms. The van der Waals surface area contributed by atoms with Crippen LogP contribution in [0, 0.1) is 5.92 Å². The van der Waals surface area contributed by atoms with Crippen molar-refractivity contribution in [2.45, 2.75) is 51.0 Å². The minimum Gasteiger partial charge on any atom is -0.326 e. The molecule has 1 heterocycles. The monoisotopic (exact) mass is 315 g/mol. The van der Waals surface area contributed by atoms with Crippen LogP contribution in [0.5, 0.6) is 0 Å². The van der Waals surface area contributed by atoms with Crippen LogP contribution in [-0.2, 0) is 9.59 Å². The summed E-state index contributed by atoms with van der Waals surface area (Å²) >= 11 is 0. The minimum atomic E-state index is -0.426. The number of carbonyl (C=O) groups excluding carboxylic acids is 2. The van der Waals surface area contributed by atoms with Crippen LogP contribution in [0.4, 0.5) is 11.4 Å². The summed E-state index contributed by atoms with van der Waals surface area (Å²) in [7, 11) is 0. The second kappa shape index (κ2) is 6.32. The van der Waals surface area contributed by atoms with Gasteiger partial charge in [-0.25, -0.2) is 0 Å². The topological polar surface area (TPSA) is 75.4 Å². The number of anilines is 2. The number of nitrogens with zero attached hydrogens (tertiary/aromatic N) is 1. The van der Waals surface area contributed by atoms with E-state index in [4.69, 9.17) is 5.73 Å². The third-order valence-electron chi connectivity index (χ3n) is 5.09. The fraction of sp³-hybridized carbons (Fsp3) is 0.556. The Kier molecular flexibility index (Phi) is 4.39. The van der Waals surface area contributed by atoms with Crippen molar-refractivity contribution in [3.63, 3.8) is 0 Å². The van der Waals surface area contributed by atoms with Crippen LogP contribution < -0.4 is 16.0 Å². The molecule has 3 N–H and O–H groups in total. The van der Waals surface area contributed by atoms with Gasteiger partial charge in [0, 0.05) is 29.9 Å². The Morgan fingerprint density at radius 1 is 1.26 bits per heavy atom. The van der Waals surface area contributed by atoms with Crippen molar-refractivity contribution in [2.75, 3.05) is 16.8 Å². The summed E-state index contributed by atoms with van der Waals surface area (Å²) in [5.41, 5.74) is 7.52. The highest BCUT2D eigenvalue weighted by atomic mass is 16.2. The molecular weight excluding hydrogens is 290 g/mol. The van der Waals surface area contributed by atoms with Crippen LogP contribution in [0.15, 0.2) is 24.3 Å². The molecular formula is C18H25N3O2.